The number of primary amides is 1. The lowest BCUT2D eigenvalue weighted by Gasteiger charge is -2.34. The third kappa shape index (κ3) is 4.15. The number of hydrogen-bond acceptors (Lipinski definition) is 5. The smallest absolute Gasteiger partial charge is 0.312 e. The average molecular weight is 356 g/mol. The summed E-state index contributed by atoms with van der Waals surface area (Å²) in [5, 5.41) is 2.22. The molecule has 0 spiro atoms. The summed E-state index contributed by atoms with van der Waals surface area (Å²) in [7, 11) is -2.11. The first-order valence-corrected chi connectivity index (χ1v) is 8.74. The van der Waals surface area contributed by atoms with E-state index in [0.29, 0.717) is 5.75 Å². The molecule has 2 rings (SSSR count). The molecule has 1 aromatic carbocycles. The normalized spacial score (nSPS) is 15.8. The van der Waals surface area contributed by atoms with Gasteiger partial charge in [0.1, 0.15) is 5.75 Å². The lowest BCUT2D eigenvalue weighted by Crippen LogP contribution is -2.52. The number of rotatable bonds is 5. The number of sulfonamides is 1. The molecular weight excluding hydrogens is 336 g/mol. The van der Waals surface area contributed by atoms with Crippen molar-refractivity contribution in [2.24, 2.45) is 5.73 Å². The maximum atomic E-state index is 12.6. The van der Waals surface area contributed by atoms with Gasteiger partial charge in [0.15, 0.2) is 0 Å². The number of carbonyl (C=O) groups excluding carboxylic acids is 2. The van der Waals surface area contributed by atoms with Crippen molar-refractivity contribution in [3.63, 3.8) is 0 Å². The zero-order valence-electron chi connectivity index (χ0n) is 13.3. The number of methoxy groups -OCH3 is 1. The molecule has 0 radical (unpaired) electrons. The average Bonchev–Trinajstić information content (AvgIpc) is 2.59. The fourth-order valence-electron chi connectivity index (χ4n) is 2.35. The van der Waals surface area contributed by atoms with Crippen molar-refractivity contribution < 1.29 is 22.7 Å². The summed E-state index contributed by atoms with van der Waals surface area (Å²) < 4.78 is 31.5. The molecular formula is C14H20N4O5S. The van der Waals surface area contributed by atoms with Gasteiger partial charge < -0.3 is 20.7 Å². The predicted octanol–water partition coefficient (Wildman–Crippen LogP) is -0.804. The van der Waals surface area contributed by atoms with E-state index in [1.807, 2.05) is 0 Å². The van der Waals surface area contributed by atoms with Crippen molar-refractivity contribution in [2.45, 2.75) is 4.90 Å². The number of nitrogens with two attached hydrogens (primary N) is 1. The van der Waals surface area contributed by atoms with Gasteiger partial charge in [-0.2, -0.15) is 4.31 Å². The van der Waals surface area contributed by atoms with E-state index in [0.717, 1.165) is 0 Å². The van der Waals surface area contributed by atoms with Gasteiger partial charge in [-0.05, 0) is 24.3 Å². The molecule has 9 nitrogen and oxygen atoms in total. The Kier molecular flexibility index (Phi) is 5.62. The molecule has 0 aromatic heterocycles. The molecule has 3 N–H and O–H groups in total. The molecule has 0 bridgehead atoms. The highest BCUT2D eigenvalue weighted by Gasteiger charge is 2.30. The number of hydrogen-bond donors (Lipinski definition) is 2. The number of piperazine rings is 1. The fraction of sp³-hybridized carbons (Fsp3) is 0.429. The van der Waals surface area contributed by atoms with Gasteiger partial charge in [-0.25, -0.2) is 13.2 Å². The third-order valence-electron chi connectivity index (χ3n) is 3.70. The molecule has 1 aliphatic heterocycles. The lowest BCUT2D eigenvalue weighted by molar-refractivity contribution is -0.131. The Balaban J connectivity index is 1.97. The van der Waals surface area contributed by atoms with E-state index in [9.17, 15) is 18.0 Å². The fourth-order valence-corrected chi connectivity index (χ4v) is 3.77. The number of carbonyl (C=O) groups is 2. The zero-order valence-corrected chi connectivity index (χ0v) is 14.1. The van der Waals surface area contributed by atoms with Crippen molar-refractivity contribution in [2.75, 3.05) is 39.8 Å². The SMILES string of the molecule is COc1ccc(S(=O)(=O)N2CCN(C(=O)CNC(N)=O)CC2)cc1. The molecule has 0 saturated carbocycles. The highest BCUT2D eigenvalue weighted by molar-refractivity contribution is 7.89. The molecule has 0 aliphatic carbocycles. The topological polar surface area (TPSA) is 122 Å². The van der Waals surface area contributed by atoms with Crippen molar-refractivity contribution in [3.05, 3.63) is 24.3 Å². The summed E-state index contributed by atoms with van der Waals surface area (Å²) in [6.45, 7) is 0.706. The number of amides is 3. The van der Waals surface area contributed by atoms with Crippen LogP contribution >= 0.6 is 0 Å². The van der Waals surface area contributed by atoms with E-state index in [1.165, 1.54) is 28.4 Å². The standard InChI is InChI=1S/C14H20N4O5S/c1-23-11-2-4-12(5-3-11)24(21,22)18-8-6-17(7-9-18)13(19)10-16-14(15)20/h2-5H,6-10H2,1H3,(H3,15,16,20). The molecule has 3 amide bonds. The van der Waals surface area contributed by atoms with E-state index in [2.05, 4.69) is 5.32 Å². The monoisotopic (exact) mass is 356 g/mol. The van der Waals surface area contributed by atoms with E-state index in [-0.39, 0.29) is 43.5 Å². The molecule has 1 aromatic rings. The highest BCUT2D eigenvalue weighted by Crippen LogP contribution is 2.20. The minimum Gasteiger partial charge on any atom is -0.497 e. The van der Waals surface area contributed by atoms with Gasteiger partial charge in [0, 0.05) is 26.2 Å². The van der Waals surface area contributed by atoms with Gasteiger partial charge in [-0.3, -0.25) is 4.79 Å². The number of nitrogens with one attached hydrogen (secondary N) is 1. The van der Waals surface area contributed by atoms with Crippen LogP contribution in [-0.4, -0.2) is 69.4 Å². The van der Waals surface area contributed by atoms with Crippen LogP contribution in [0.15, 0.2) is 29.2 Å². The molecule has 1 saturated heterocycles. The van der Waals surface area contributed by atoms with Crippen LogP contribution in [0.2, 0.25) is 0 Å². The Morgan fingerprint density at radius 2 is 1.75 bits per heavy atom. The summed E-state index contributed by atoms with van der Waals surface area (Å²) in [6, 6.07) is 5.37. The Morgan fingerprint density at radius 3 is 2.25 bits per heavy atom. The number of ether oxygens (including phenoxy) is 1. The molecule has 0 unspecified atom stereocenters. The predicted molar refractivity (Wildman–Crippen MR) is 85.9 cm³/mol. The van der Waals surface area contributed by atoms with Crippen LogP contribution in [-0.2, 0) is 14.8 Å². The Hall–Kier alpha value is -2.33. The van der Waals surface area contributed by atoms with Crippen LogP contribution in [0.1, 0.15) is 0 Å². The minimum atomic E-state index is -3.61. The van der Waals surface area contributed by atoms with Crippen LogP contribution in [0.3, 0.4) is 0 Å². The first-order chi connectivity index (χ1) is 11.3. The van der Waals surface area contributed by atoms with Crippen molar-refractivity contribution in [3.8, 4) is 5.75 Å². The van der Waals surface area contributed by atoms with Crippen molar-refractivity contribution in [1.82, 2.24) is 14.5 Å². The third-order valence-corrected chi connectivity index (χ3v) is 5.62. The van der Waals surface area contributed by atoms with Crippen LogP contribution in [0.25, 0.3) is 0 Å². The van der Waals surface area contributed by atoms with Gasteiger partial charge >= 0.3 is 6.03 Å². The summed E-state index contributed by atoms with van der Waals surface area (Å²) in [6.07, 6.45) is 0. The molecule has 10 heteroatoms. The zero-order chi connectivity index (χ0) is 17.7. The van der Waals surface area contributed by atoms with Gasteiger partial charge in [0.25, 0.3) is 0 Å². The van der Waals surface area contributed by atoms with Gasteiger partial charge in [0.2, 0.25) is 15.9 Å². The first-order valence-electron chi connectivity index (χ1n) is 7.30. The highest BCUT2D eigenvalue weighted by atomic mass is 32.2. The van der Waals surface area contributed by atoms with E-state index < -0.39 is 16.1 Å². The van der Waals surface area contributed by atoms with E-state index >= 15 is 0 Å². The van der Waals surface area contributed by atoms with E-state index in [4.69, 9.17) is 10.5 Å². The van der Waals surface area contributed by atoms with Crippen LogP contribution in [0.5, 0.6) is 5.75 Å². The number of urea groups is 1. The van der Waals surface area contributed by atoms with E-state index in [1.54, 1.807) is 12.1 Å². The summed E-state index contributed by atoms with van der Waals surface area (Å²) in [5.41, 5.74) is 4.92. The molecule has 1 fully saturated rings. The molecule has 1 heterocycles. The van der Waals surface area contributed by atoms with Crippen molar-refractivity contribution in [1.29, 1.82) is 0 Å². The first kappa shape index (κ1) is 18.0. The largest absolute Gasteiger partial charge is 0.497 e. The Bertz CT molecular complexity index is 696. The Labute approximate surface area is 140 Å². The quantitative estimate of drug-likeness (QED) is 0.715. The number of nitrogens with zero attached hydrogens (tertiary/aromatic N) is 2. The molecule has 132 valence electrons. The van der Waals surface area contributed by atoms with Crippen LogP contribution in [0.4, 0.5) is 4.79 Å². The second-order valence-electron chi connectivity index (χ2n) is 5.18. The van der Waals surface area contributed by atoms with Crippen LogP contribution < -0.4 is 15.8 Å². The second-order valence-corrected chi connectivity index (χ2v) is 7.12. The summed E-state index contributed by atoms with van der Waals surface area (Å²) >= 11 is 0. The maximum absolute atomic E-state index is 12.6. The van der Waals surface area contributed by atoms with Gasteiger partial charge in [-0.1, -0.05) is 0 Å². The van der Waals surface area contributed by atoms with Gasteiger partial charge in [-0.15, -0.1) is 0 Å². The minimum absolute atomic E-state index is 0.179. The second kappa shape index (κ2) is 7.49. The van der Waals surface area contributed by atoms with Crippen LogP contribution in [0, 0.1) is 0 Å². The number of benzene rings is 1. The lowest BCUT2D eigenvalue weighted by atomic mass is 10.3. The summed E-state index contributed by atoms with van der Waals surface area (Å²) in [4.78, 5) is 24.2. The van der Waals surface area contributed by atoms with Gasteiger partial charge in [0.05, 0.1) is 18.6 Å². The Morgan fingerprint density at radius 1 is 1.17 bits per heavy atom. The molecule has 0 atom stereocenters. The maximum Gasteiger partial charge on any atom is 0.312 e. The summed E-state index contributed by atoms with van der Waals surface area (Å²) in [5.74, 6) is 0.279. The molecule has 1 aliphatic rings. The van der Waals surface area contributed by atoms with Crippen molar-refractivity contribution >= 4 is 22.0 Å². The molecule has 24 heavy (non-hydrogen) atoms.